The number of allylic oxidation sites excluding steroid dienone is 1. The van der Waals surface area contributed by atoms with Gasteiger partial charge >= 0.3 is 0 Å². The molecule has 1 atom stereocenters. The molecule has 1 fully saturated rings. The fraction of sp³-hybridized carbons (Fsp3) is 0.286. The molecule has 5 heteroatoms. The highest BCUT2D eigenvalue weighted by atomic mass is 79.9. The summed E-state index contributed by atoms with van der Waals surface area (Å²) in [5.41, 5.74) is 1.51. The van der Waals surface area contributed by atoms with Crippen LogP contribution in [0.1, 0.15) is 35.2 Å². The molecule has 0 N–H and O–H groups in total. The van der Waals surface area contributed by atoms with Crippen molar-refractivity contribution in [1.82, 2.24) is 0 Å². The monoisotopic (exact) mass is 416 g/mol. The van der Waals surface area contributed by atoms with Crippen molar-refractivity contribution in [3.8, 4) is 11.5 Å². The summed E-state index contributed by atoms with van der Waals surface area (Å²) in [7, 11) is 1.57. The maximum atomic E-state index is 12.4. The van der Waals surface area contributed by atoms with Crippen molar-refractivity contribution in [3.63, 3.8) is 0 Å². The molecule has 0 aromatic heterocycles. The van der Waals surface area contributed by atoms with E-state index in [0.29, 0.717) is 23.7 Å². The first-order valence-corrected chi connectivity index (χ1v) is 9.39. The van der Waals surface area contributed by atoms with E-state index in [1.165, 1.54) is 0 Å². The summed E-state index contributed by atoms with van der Waals surface area (Å²) in [6.45, 7) is 0.713. The maximum absolute atomic E-state index is 12.4. The summed E-state index contributed by atoms with van der Waals surface area (Å²) in [5, 5.41) is 0. The van der Waals surface area contributed by atoms with E-state index >= 15 is 0 Å². The van der Waals surface area contributed by atoms with E-state index in [9.17, 15) is 4.79 Å². The van der Waals surface area contributed by atoms with Crippen LogP contribution in [0.25, 0.3) is 6.08 Å². The molecule has 0 saturated carbocycles. The van der Waals surface area contributed by atoms with Gasteiger partial charge in [-0.05, 0) is 54.8 Å². The topological polar surface area (TPSA) is 44.8 Å². The molecular weight excluding hydrogens is 396 g/mol. The fourth-order valence-corrected chi connectivity index (χ4v) is 2.97. The Morgan fingerprint density at radius 1 is 1.15 bits per heavy atom. The number of hydrogen-bond donors (Lipinski definition) is 0. The Morgan fingerprint density at radius 2 is 1.96 bits per heavy atom. The molecule has 2 aromatic rings. The number of carbonyl (C=O) groups is 1. The Kier molecular flexibility index (Phi) is 6.47. The summed E-state index contributed by atoms with van der Waals surface area (Å²) >= 11 is 3.39. The Balaban J connectivity index is 1.71. The Hall–Kier alpha value is -2.11. The van der Waals surface area contributed by atoms with Gasteiger partial charge in [-0.1, -0.05) is 34.1 Å². The summed E-state index contributed by atoms with van der Waals surface area (Å²) < 4.78 is 17.9. The number of rotatable bonds is 6. The molecule has 1 heterocycles. The molecule has 26 heavy (non-hydrogen) atoms. The first-order chi connectivity index (χ1) is 12.7. The number of benzene rings is 2. The second-order valence-corrected chi connectivity index (χ2v) is 6.94. The highest BCUT2D eigenvalue weighted by Crippen LogP contribution is 2.31. The minimum atomic E-state index is -0.253. The lowest BCUT2D eigenvalue weighted by Gasteiger charge is -2.24. The molecule has 1 aliphatic heterocycles. The second-order valence-electron chi connectivity index (χ2n) is 6.03. The average Bonchev–Trinajstić information content (AvgIpc) is 2.68. The van der Waals surface area contributed by atoms with Crippen molar-refractivity contribution < 1.29 is 19.0 Å². The number of methoxy groups -OCH3 is 1. The van der Waals surface area contributed by atoms with Gasteiger partial charge < -0.3 is 14.2 Å². The highest BCUT2D eigenvalue weighted by molar-refractivity contribution is 9.10. The molecule has 1 saturated heterocycles. The lowest BCUT2D eigenvalue weighted by molar-refractivity contribution is -0.106. The number of ketones is 1. The summed E-state index contributed by atoms with van der Waals surface area (Å²) in [5.74, 6) is 1.03. The molecular formula is C21H21BrO4. The first-order valence-electron chi connectivity index (χ1n) is 8.60. The van der Waals surface area contributed by atoms with E-state index in [-0.39, 0.29) is 12.1 Å². The number of carbonyl (C=O) groups excluding carboxylic acids is 1. The Morgan fingerprint density at radius 3 is 2.65 bits per heavy atom. The van der Waals surface area contributed by atoms with Crippen molar-refractivity contribution in [2.75, 3.05) is 13.7 Å². The van der Waals surface area contributed by atoms with Gasteiger partial charge in [0.05, 0.1) is 13.7 Å². The summed E-state index contributed by atoms with van der Waals surface area (Å²) in [6, 6.07) is 13.0. The van der Waals surface area contributed by atoms with Gasteiger partial charge in [0.2, 0.25) is 0 Å². The van der Waals surface area contributed by atoms with Crippen LogP contribution in [-0.2, 0) is 4.74 Å². The normalized spacial score (nSPS) is 17.2. The number of ether oxygens (including phenoxy) is 3. The Labute approximate surface area is 161 Å². The predicted molar refractivity (Wildman–Crippen MR) is 105 cm³/mol. The van der Waals surface area contributed by atoms with Crippen LogP contribution in [0.15, 0.2) is 53.0 Å². The quantitative estimate of drug-likeness (QED) is 0.475. The van der Waals surface area contributed by atoms with Crippen LogP contribution in [0.2, 0.25) is 0 Å². The van der Waals surface area contributed by atoms with Gasteiger partial charge in [-0.25, -0.2) is 0 Å². The molecule has 0 spiro atoms. The van der Waals surface area contributed by atoms with Crippen LogP contribution < -0.4 is 9.47 Å². The third kappa shape index (κ3) is 4.96. The standard InChI is InChI=1S/C21H21BrO4/c1-24-20-14-16(8-12-19(20)26-21-4-2-3-13-25-21)18(23)11-7-15-5-9-17(22)10-6-15/h5-12,14,21H,2-4,13H2,1H3. The molecule has 4 nitrogen and oxygen atoms in total. The van der Waals surface area contributed by atoms with Gasteiger partial charge in [-0.15, -0.1) is 0 Å². The van der Waals surface area contributed by atoms with Gasteiger partial charge in [-0.2, -0.15) is 0 Å². The molecule has 1 unspecified atom stereocenters. The SMILES string of the molecule is COc1cc(C(=O)C=Cc2ccc(Br)cc2)ccc1OC1CCCCO1. The predicted octanol–water partition coefficient (Wildman–Crippen LogP) is 5.26. The van der Waals surface area contributed by atoms with E-state index in [2.05, 4.69) is 15.9 Å². The first kappa shape index (κ1) is 18.7. The minimum Gasteiger partial charge on any atom is -0.493 e. The van der Waals surface area contributed by atoms with E-state index < -0.39 is 0 Å². The van der Waals surface area contributed by atoms with Crippen molar-refractivity contribution in [3.05, 3.63) is 64.1 Å². The smallest absolute Gasteiger partial charge is 0.200 e. The third-order valence-corrected chi connectivity index (χ3v) is 4.67. The van der Waals surface area contributed by atoms with Crippen LogP contribution in [-0.4, -0.2) is 25.8 Å². The lowest BCUT2D eigenvalue weighted by atomic mass is 10.1. The van der Waals surface area contributed by atoms with E-state index in [1.807, 2.05) is 24.3 Å². The average molecular weight is 417 g/mol. The minimum absolute atomic E-state index is 0.0910. The zero-order valence-electron chi connectivity index (χ0n) is 14.6. The zero-order chi connectivity index (χ0) is 18.4. The van der Waals surface area contributed by atoms with Crippen LogP contribution in [0.5, 0.6) is 11.5 Å². The number of halogens is 1. The van der Waals surface area contributed by atoms with Gasteiger partial charge in [0.25, 0.3) is 0 Å². The van der Waals surface area contributed by atoms with Crippen molar-refractivity contribution in [1.29, 1.82) is 0 Å². The van der Waals surface area contributed by atoms with Crippen LogP contribution in [0.4, 0.5) is 0 Å². The van der Waals surface area contributed by atoms with Gasteiger partial charge in [0.15, 0.2) is 23.6 Å². The summed E-state index contributed by atoms with van der Waals surface area (Å²) in [6.07, 6.45) is 6.11. The van der Waals surface area contributed by atoms with Crippen LogP contribution >= 0.6 is 15.9 Å². The molecule has 3 rings (SSSR count). The number of hydrogen-bond acceptors (Lipinski definition) is 4. The van der Waals surface area contributed by atoms with Crippen molar-refractivity contribution in [2.24, 2.45) is 0 Å². The zero-order valence-corrected chi connectivity index (χ0v) is 16.2. The van der Waals surface area contributed by atoms with Gasteiger partial charge in [0.1, 0.15) is 0 Å². The van der Waals surface area contributed by atoms with Gasteiger partial charge in [0, 0.05) is 16.5 Å². The lowest BCUT2D eigenvalue weighted by Crippen LogP contribution is -2.25. The third-order valence-electron chi connectivity index (χ3n) is 4.14. The van der Waals surface area contributed by atoms with Crippen molar-refractivity contribution >= 4 is 27.8 Å². The molecule has 0 bridgehead atoms. The fourth-order valence-electron chi connectivity index (χ4n) is 2.71. The molecule has 136 valence electrons. The van der Waals surface area contributed by atoms with Crippen LogP contribution in [0.3, 0.4) is 0 Å². The second kappa shape index (κ2) is 9.01. The van der Waals surface area contributed by atoms with Crippen molar-refractivity contribution in [2.45, 2.75) is 25.6 Å². The summed E-state index contributed by atoms with van der Waals surface area (Å²) in [4.78, 5) is 12.4. The van der Waals surface area contributed by atoms with Gasteiger partial charge in [-0.3, -0.25) is 4.79 Å². The van der Waals surface area contributed by atoms with E-state index in [1.54, 1.807) is 37.5 Å². The molecule has 0 aliphatic carbocycles. The molecule has 1 aliphatic rings. The van der Waals surface area contributed by atoms with E-state index in [0.717, 1.165) is 29.3 Å². The largest absolute Gasteiger partial charge is 0.493 e. The maximum Gasteiger partial charge on any atom is 0.200 e. The molecule has 2 aromatic carbocycles. The molecule has 0 radical (unpaired) electrons. The molecule has 0 amide bonds. The van der Waals surface area contributed by atoms with Crippen LogP contribution in [0, 0.1) is 0 Å². The Bertz CT molecular complexity index is 777. The van der Waals surface area contributed by atoms with E-state index in [4.69, 9.17) is 14.2 Å². The highest BCUT2D eigenvalue weighted by Gasteiger charge is 2.18.